The predicted molar refractivity (Wildman–Crippen MR) is 105 cm³/mol. The highest BCUT2D eigenvalue weighted by Gasteiger charge is 2.09. The van der Waals surface area contributed by atoms with Crippen LogP contribution in [0.25, 0.3) is 11.0 Å². The highest BCUT2D eigenvalue weighted by Crippen LogP contribution is 2.19. The lowest BCUT2D eigenvalue weighted by molar-refractivity contribution is -0.116. The maximum Gasteiger partial charge on any atom is 0.243 e. The van der Waals surface area contributed by atoms with Crippen molar-refractivity contribution in [3.63, 3.8) is 0 Å². The van der Waals surface area contributed by atoms with Crippen LogP contribution in [0.15, 0.2) is 36.9 Å². The highest BCUT2D eigenvalue weighted by atomic mass is 16.1. The van der Waals surface area contributed by atoms with E-state index in [4.69, 9.17) is 4.98 Å². The quantitative estimate of drug-likeness (QED) is 0.452. The summed E-state index contributed by atoms with van der Waals surface area (Å²) in [5.41, 5.74) is 2.36. The average Bonchev–Trinajstić information content (AvgIpc) is 2.99. The molecule has 1 N–H and O–H groups in total. The molecule has 0 aliphatic rings. The molecule has 0 spiro atoms. The van der Waals surface area contributed by atoms with Gasteiger partial charge in [-0.2, -0.15) is 0 Å². The Morgan fingerprint density at radius 1 is 1.16 bits per heavy atom. The number of para-hydroxylation sites is 2. The number of hydrogen-bond acceptors (Lipinski definition) is 2. The zero-order valence-electron chi connectivity index (χ0n) is 15.5. The van der Waals surface area contributed by atoms with E-state index in [9.17, 15) is 4.79 Å². The molecule has 1 aromatic heterocycles. The Kier molecular flexibility index (Phi) is 8.23. The molecule has 4 nitrogen and oxygen atoms in total. The first kappa shape index (κ1) is 19.2. The van der Waals surface area contributed by atoms with Gasteiger partial charge in [-0.1, -0.05) is 51.3 Å². The number of imidazole rings is 1. The zero-order chi connectivity index (χ0) is 17.9. The first-order valence-corrected chi connectivity index (χ1v) is 9.60. The van der Waals surface area contributed by atoms with Crippen molar-refractivity contribution in [3.05, 3.63) is 42.7 Å². The van der Waals surface area contributed by atoms with E-state index in [-0.39, 0.29) is 5.91 Å². The number of carbonyl (C=O) groups is 1. The van der Waals surface area contributed by atoms with Crippen LogP contribution in [0.5, 0.6) is 0 Å². The molecule has 0 aliphatic carbocycles. The molecule has 2 aromatic rings. The van der Waals surface area contributed by atoms with Gasteiger partial charge in [-0.25, -0.2) is 4.98 Å². The van der Waals surface area contributed by atoms with Gasteiger partial charge in [0.1, 0.15) is 5.82 Å². The molecule has 25 heavy (non-hydrogen) atoms. The van der Waals surface area contributed by atoms with Gasteiger partial charge >= 0.3 is 0 Å². The normalized spacial score (nSPS) is 10.9. The number of hydrogen-bond donors (Lipinski definition) is 1. The smallest absolute Gasteiger partial charge is 0.243 e. The molecule has 1 heterocycles. The summed E-state index contributed by atoms with van der Waals surface area (Å²) in [6.45, 7) is 7.49. The van der Waals surface area contributed by atoms with Gasteiger partial charge in [0.2, 0.25) is 5.91 Å². The summed E-state index contributed by atoms with van der Waals surface area (Å²) in [6, 6.07) is 8.43. The standard InChI is InChI=1S/C21H31N3O/c1-3-5-6-12-17-24-19-14-10-9-13-18(19)23-20(24)15-8-7-11-16-22-21(25)4-2/h4,9-10,13-14H,2-3,5-8,11-12,15-17H2,1H3,(H,22,25). The van der Waals surface area contributed by atoms with Crippen molar-refractivity contribution in [2.45, 2.75) is 64.8 Å². The predicted octanol–water partition coefficient (Wildman–Crippen LogP) is 4.63. The SMILES string of the molecule is C=CC(=O)NCCCCCc1nc2ccccc2n1CCCCCC. The number of nitrogens with one attached hydrogen (secondary N) is 1. The summed E-state index contributed by atoms with van der Waals surface area (Å²) in [5, 5.41) is 2.83. The summed E-state index contributed by atoms with van der Waals surface area (Å²) >= 11 is 0. The van der Waals surface area contributed by atoms with E-state index in [0.717, 1.165) is 44.3 Å². The molecule has 1 amide bonds. The van der Waals surface area contributed by atoms with Crippen LogP contribution in [0, 0.1) is 0 Å². The van der Waals surface area contributed by atoms with E-state index >= 15 is 0 Å². The van der Waals surface area contributed by atoms with E-state index in [2.05, 4.69) is 47.7 Å². The molecule has 2 rings (SSSR count). The highest BCUT2D eigenvalue weighted by molar-refractivity contribution is 5.86. The summed E-state index contributed by atoms with van der Waals surface area (Å²) in [5.74, 6) is 1.11. The molecule has 0 atom stereocenters. The molecule has 0 bridgehead atoms. The molecule has 0 saturated heterocycles. The van der Waals surface area contributed by atoms with E-state index < -0.39 is 0 Å². The Bertz CT molecular complexity index is 675. The summed E-state index contributed by atoms with van der Waals surface area (Å²) in [7, 11) is 0. The van der Waals surface area contributed by atoms with Crippen LogP contribution in [0.1, 0.15) is 57.7 Å². The van der Waals surface area contributed by atoms with Crippen molar-refractivity contribution >= 4 is 16.9 Å². The molecule has 0 radical (unpaired) electrons. The van der Waals surface area contributed by atoms with Crippen LogP contribution in [0.3, 0.4) is 0 Å². The minimum absolute atomic E-state index is 0.0890. The Labute approximate surface area is 151 Å². The third-order valence-corrected chi connectivity index (χ3v) is 4.53. The fraction of sp³-hybridized carbons (Fsp3) is 0.524. The van der Waals surface area contributed by atoms with Crippen LogP contribution in [-0.4, -0.2) is 22.0 Å². The van der Waals surface area contributed by atoms with Gasteiger partial charge < -0.3 is 9.88 Å². The second-order valence-electron chi connectivity index (χ2n) is 6.53. The molecule has 0 aliphatic heterocycles. The zero-order valence-corrected chi connectivity index (χ0v) is 15.5. The Morgan fingerprint density at radius 2 is 1.96 bits per heavy atom. The van der Waals surface area contributed by atoms with Crippen LogP contribution in [0.2, 0.25) is 0 Å². The molecule has 0 saturated carbocycles. The minimum Gasteiger partial charge on any atom is -0.353 e. The van der Waals surface area contributed by atoms with Crippen molar-refractivity contribution in [1.29, 1.82) is 0 Å². The maximum atomic E-state index is 11.1. The number of unbranched alkanes of at least 4 members (excludes halogenated alkanes) is 5. The molecule has 1 aromatic carbocycles. The van der Waals surface area contributed by atoms with Gasteiger partial charge in [-0.3, -0.25) is 4.79 Å². The minimum atomic E-state index is -0.0890. The molecule has 4 heteroatoms. The van der Waals surface area contributed by atoms with Crippen molar-refractivity contribution in [2.75, 3.05) is 6.54 Å². The third-order valence-electron chi connectivity index (χ3n) is 4.53. The van der Waals surface area contributed by atoms with Crippen molar-refractivity contribution in [2.24, 2.45) is 0 Å². The van der Waals surface area contributed by atoms with Gasteiger partial charge in [0.25, 0.3) is 0 Å². The van der Waals surface area contributed by atoms with Crippen molar-refractivity contribution in [1.82, 2.24) is 14.9 Å². The van der Waals surface area contributed by atoms with E-state index in [1.807, 2.05) is 0 Å². The molecular weight excluding hydrogens is 310 g/mol. The molecule has 0 fully saturated rings. The second kappa shape index (κ2) is 10.7. The van der Waals surface area contributed by atoms with E-state index in [1.165, 1.54) is 43.1 Å². The van der Waals surface area contributed by atoms with Crippen LogP contribution < -0.4 is 5.32 Å². The molecular formula is C21H31N3O. The van der Waals surface area contributed by atoms with Crippen molar-refractivity contribution < 1.29 is 4.79 Å². The number of nitrogens with zero attached hydrogens (tertiary/aromatic N) is 2. The van der Waals surface area contributed by atoms with E-state index in [0.29, 0.717) is 0 Å². The molecule has 0 unspecified atom stereocenters. The third kappa shape index (κ3) is 6.04. The van der Waals surface area contributed by atoms with Gasteiger partial charge in [-0.15, -0.1) is 0 Å². The first-order chi connectivity index (χ1) is 12.3. The van der Waals surface area contributed by atoms with Crippen LogP contribution in [-0.2, 0) is 17.8 Å². The monoisotopic (exact) mass is 341 g/mol. The second-order valence-corrected chi connectivity index (χ2v) is 6.53. The van der Waals surface area contributed by atoms with E-state index in [1.54, 1.807) is 0 Å². The van der Waals surface area contributed by atoms with Crippen molar-refractivity contribution in [3.8, 4) is 0 Å². The number of carbonyl (C=O) groups excluding carboxylic acids is 1. The van der Waals surface area contributed by atoms with Gasteiger partial charge in [-0.05, 0) is 37.5 Å². The number of benzene rings is 1. The Hall–Kier alpha value is -2.10. The van der Waals surface area contributed by atoms with Gasteiger partial charge in [0.15, 0.2) is 0 Å². The number of aryl methyl sites for hydroxylation is 2. The lowest BCUT2D eigenvalue weighted by atomic mass is 10.1. The number of amides is 1. The maximum absolute atomic E-state index is 11.1. The number of aromatic nitrogens is 2. The average molecular weight is 341 g/mol. The number of fused-ring (bicyclic) bond motifs is 1. The Morgan fingerprint density at radius 3 is 2.76 bits per heavy atom. The molecule has 136 valence electrons. The summed E-state index contributed by atoms with van der Waals surface area (Å²) in [6.07, 6.45) is 10.6. The van der Waals surface area contributed by atoms with Gasteiger partial charge in [0, 0.05) is 19.5 Å². The topological polar surface area (TPSA) is 46.9 Å². The lowest BCUT2D eigenvalue weighted by Gasteiger charge is -2.09. The summed E-state index contributed by atoms with van der Waals surface area (Å²) < 4.78 is 2.41. The largest absolute Gasteiger partial charge is 0.353 e. The Balaban J connectivity index is 1.88. The van der Waals surface area contributed by atoms with Gasteiger partial charge in [0.05, 0.1) is 11.0 Å². The number of rotatable bonds is 12. The fourth-order valence-corrected chi connectivity index (χ4v) is 3.13. The fourth-order valence-electron chi connectivity index (χ4n) is 3.13. The van der Waals surface area contributed by atoms with Crippen LogP contribution in [0.4, 0.5) is 0 Å². The summed E-state index contributed by atoms with van der Waals surface area (Å²) in [4.78, 5) is 16.0. The van der Waals surface area contributed by atoms with Crippen LogP contribution >= 0.6 is 0 Å². The first-order valence-electron chi connectivity index (χ1n) is 9.60. The lowest BCUT2D eigenvalue weighted by Crippen LogP contribution is -2.21.